The van der Waals surface area contributed by atoms with Gasteiger partial charge in [0.05, 0.1) is 5.57 Å². The molecule has 0 rings (SSSR count). The largest absolute Gasteiger partial charge is 0.478 e. The molecule has 1 atom stereocenters. The Bertz CT molecular complexity index is 265. The van der Waals surface area contributed by atoms with Gasteiger partial charge in [0.2, 0.25) is 0 Å². The number of carbonyl (C=O) groups excluding carboxylic acids is 1. The lowest BCUT2D eigenvalue weighted by Crippen LogP contribution is -2.31. The highest BCUT2D eigenvalue weighted by Gasteiger charge is 2.14. The van der Waals surface area contributed by atoms with Crippen LogP contribution in [0.3, 0.4) is 0 Å². The first-order valence-corrected chi connectivity index (χ1v) is 5.73. The molecule has 86 valence electrons. The highest BCUT2D eigenvalue weighted by molar-refractivity contribution is 7.98. The van der Waals surface area contributed by atoms with Crippen molar-refractivity contribution in [2.45, 2.75) is 19.4 Å². The first-order valence-electron chi connectivity index (χ1n) is 4.34. The quantitative estimate of drug-likeness (QED) is 0.396. The molecule has 0 aromatic rings. The first kappa shape index (κ1) is 14.0. The number of esters is 1. The highest BCUT2D eigenvalue weighted by atomic mass is 32.2. The van der Waals surface area contributed by atoms with Crippen LogP contribution in [0.4, 0.5) is 0 Å². The zero-order valence-corrected chi connectivity index (χ0v) is 9.54. The summed E-state index contributed by atoms with van der Waals surface area (Å²) in [5.74, 6) is -0.970. The fourth-order valence-corrected chi connectivity index (χ4v) is 1.14. The zero-order chi connectivity index (χ0) is 11.8. The molecule has 0 aliphatic heterocycles. The van der Waals surface area contributed by atoms with Gasteiger partial charge in [-0.1, -0.05) is 0 Å². The van der Waals surface area contributed by atoms with Crippen molar-refractivity contribution in [1.29, 1.82) is 0 Å². The molecule has 3 N–H and O–H groups in total. The minimum atomic E-state index is -1.12. The molecule has 0 fully saturated rings. The standard InChI is InChI=1S/C9H15NO4S/c1-6(8(11)12)5-14-9(13)7(10)3-4-15-2/h5,7H,3-4,10H2,1-2H3,(H,11,12)/b6-5+. The van der Waals surface area contributed by atoms with Gasteiger partial charge in [-0.25, -0.2) is 9.59 Å². The van der Waals surface area contributed by atoms with Gasteiger partial charge in [-0.15, -0.1) is 0 Å². The van der Waals surface area contributed by atoms with Crippen LogP contribution in [0.1, 0.15) is 13.3 Å². The molecule has 0 amide bonds. The molecule has 0 spiro atoms. The molecule has 0 heterocycles. The predicted molar refractivity (Wildman–Crippen MR) is 58.5 cm³/mol. The van der Waals surface area contributed by atoms with Crippen LogP contribution in [0, 0.1) is 0 Å². The van der Waals surface area contributed by atoms with Crippen molar-refractivity contribution in [3.05, 3.63) is 11.8 Å². The van der Waals surface area contributed by atoms with E-state index in [1.54, 1.807) is 11.8 Å². The minimum Gasteiger partial charge on any atom is -0.478 e. The van der Waals surface area contributed by atoms with Gasteiger partial charge in [-0.2, -0.15) is 11.8 Å². The van der Waals surface area contributed by atoms with Crippen molar-refractivity contribution in [3.63, 3.8) is 0 Å². The average molecular weight is 233 g/mol. The number of rotatable bonds is 6. The third kappa shape index (κ3) is 6.14. The normalized spacial score (nSPS) is 13.4. The number of hydrogen-bond acceptors (Lipinski definition) is 5. The van der Waals surface area contributed by atoms with Crippen LogP contribution in [0.15, 0.2) is 11.8 Å². The van der Waals surface area contributed by atoms with E-state index in [0.29, 0.717) is 6.42 Å². The fourth-order valence-electron chi connectivity index (χ4n) is 0.647. The topological polar surface area (TPSA) is 89.6 Å². The third-order valence-electron chi connectivity index (χ3n) is 1.62. The number of ether oxygens (including phenoxy) is 1. The predicted octanol–water partition coefficient (Wildman–Crippen LogP) is 0.598. The Kier molecular flexibility index (Phi) is 6.81. The summed E-state index contributed by atoms with van der Waals surface area (Å²) in [6, 6.07) is -0.699. The van der Waals surface area contributed by atoms with E-state index in [-0.39, 0.29) is 5.57 Å². The smallest absolute Gasteiger partial charge is 0.334 e. The van der Waals surface area contributed by atoms with Gasteiger partial charge in [0.1, 0.15) is 12.3 Å². The number of carboxylic acids is 1. The van der Waals surface area contributed by atoms with Gasteiger partial charge in [0, 0.05) is 0 Å². The van der Waals surface area contributed by atoms with Gasteiger partial charge in [0.15, 0.2) is 0 Å². The Hall–Kier alpha value is -1.01. The van der Waals surface area contributed by atoms with Gasteiger partial charge in [0.25, 0.3) is 0 Å². The lowest BCUT2D eigenvalue weighted by molar-refractivity contribution is -0.139. The molecular formula is C9H15NO4S. The molecule has 5 nitrogen and oxygen atoms in total. The summed E-state index contributed by atoms with van der Waals surface area (Å²) in [7, 11) is 0. The molecule has 6 heteroatoms. The summed E-state index contributed by atoms with van der Waals surface area (Å²) in [5.41, 5.74) is 5.46. The highest BCUT2D eigenvalue weighted by Crippen LogP contribution is 2.01. The van der Waals surface area contributed by atoms with Crippen LogP contribution in [-0.4, -0.2) is 35.1 Å². The van der Waals surface area contributed by atoms with Gasteiger partial charge in [-0.3, -0.25) is 0 Å². The number of carbonyl (C=O) groups is 2. The summed E-state index contributed by atoms with van der Waals surface area (Å²) in [4.78, 5) is 21.5. The van der Waals surface area contributed by atoms with Crippen molar-refractivity contribution >= 4 is 23.7 Å². The SMILES string of the molecule is CSCCC(N)C(=O)O/C=C(\C)C(=O)O. The van der Waals surface area contributed by atoms with E-state index in [9.17, 15) is 9.59 Å². The van der Waals surface area contributed by atoms with Crippen LogP contribution in [0.2, 0.25) is 0 Å². The maximum Gasteiger partial charge on any atom is 0.334 e. The maximum atomic E-state index is 11.2. The molecular weight excluding hydrogens is 218 g/mol. The lowest BCUT2D eigenvalue weighted by Gasteiger charge is -2.07. The molecule has 0 aliphatic carbocycles. The van der Waals surface area contributed by atoms with Crippen molar-refractivity contribution in [2.24, 2.45) is 5.73 Å². The van der Waals surface area contributed by atoms with E-state index in [1.807, 2.05) is 6.26 Å². The summed E-state index contributed by atoms with van der Waals surface area (Å²) >= 11 is 1.58. The van der Waals surface area contributed by atoms with E-state index in [4.69, 9.17) is 10.8 Å². The van der Waals surface area contributed by atoms with Gasteiger partial charge >= 0.3 is 11.9 Å². The molecule has 0 radical (unpaired) electrons. The van der Waals surface area contributed by atoms with Crippen LogP contribution in [0.5, 0.6) is 0 Å². The van der Waals surface area contributed by atoms with E-state index in [0.717, 1.165) is 12.0 Å². The number of thioether (sulfide) groups is 1. The van der Waals surface area contributed by atoms with Crippen molar-refractivity contribution in [3.8, 4) is 0 Å². The molecule has 0 aromatic carbocycles. The van der Waals surface area contributed by atoms with E-state index < -0.39 is 18.0 Å². The molecule has 0 saturated carbocycles. The minimum absolute atomic E-state index is 0.0413. The monoisotopic (exact) mass is 233 g/mol. The molecule has 15 heavy (non-hydrogen) atoms. The van der Waals surface area contributed by atoms with Crippen LogP contribution in [0.25, 0.3) is 0 Å². The number of carboxylic acid groups (broad SMARTS) is 1. The summed E-state index contributed by atoms with van der Waals surface area (Å²) < 4.78 is 4.61. The number of aliphatic carboxylic acids is 1. The summed E-state index contributed by atoms with van der Waals surface area (Å²) in [5, 5.41) is 8.48. The van der Waals surface area contributed by atoms with Crippen LogP contribution in [-0.2, 0) is 14.3 Å². The van der Waals surface area contributed by atoms with Crippen molar-refractivity contribution in [2.75, 3.05) is 12.0 Å². The Morgan fingerprint density at radius 3 is 2.67 bits per heavy atom. The van der Waals surface area contributed by atoms with Crippen LogP contribution < -0.4 is 5.73 Å². The molecule has 1 unspecified atom stereocenters. The average Bonchev–Trinajstić information content (AvgIpc) is 2.21. The van der Waals surface area contributed by atoms with Gasteiger partial charge < -0.3 is 15.6 Å². The third-order valence-corrected chi connectivity index (χ3v) is 2.27. The van der Waals surface area contributed by atoms with Crippen LogP contribution >= 0.6 is 11.8 Å². The van der Waals surface area contributed by atoms with Crippen molar-refractivity contribution < 1.29 is 19.4 Å². The second kappa shape index (κ2) is 7.30. The maximum absolute atomic E-state index is 11.2. The molecule has 0 saturated heterocycles. The molecule has 0 aromatic heterocycles. The second-order valence-corrected chi connectivity index (χ2v) is 3.92. The van der Waals surface area contributed by atoms with Crippen molar-refractivity contribution in [1.82, 2.24) is 0 Å². The molecule has 0 bridgehead atoms. The Morgan fingerprint density at radius 1 is 1.60 bits per heavy atom. The fraction of sp³-hybridized carbons (Fsp3) is 0.556. The Labute approximate surface area is 92.7 Å². The summed E-state index contributed by atoms with van der Waals surface area (Å²) in [6.07, 6.45) is 3.33. The van der Waals surface area contributed by atoms with E-state index >= 15 is 0 Å². The Morgan fingerprint density at radius 2 is 2.20 bits per heavy atom. The number of hydrogen-bond donors (Lipinski definition) is 2. The Balaban J connectivity index is 4.03. The lowest BCUT2D eigenvalue weighted by atomic mass is 10.2. The van der Waals surface area contributed by atoms with Gasteiger partial charge in [-0.05, 0) is 25.4 Å². The van der Waals surface area contributed by atoms with E-state index in [1.165, 1.54) is 6.92 Å². The second-order valence-electron chi connectivity index (χ2n) is 2.93. The molecule has 0 aliphatic rings. The first-order chi connectivity index (χ1) is 6.99. The summed E-state index contributed by atoms with van der Waals surface area (Å²) in [6.45, 7) is 1.34. The zero-order valence-electron chi connectivity index (χ0n) is 8.73. The van der Waals surface area contributed by atoms with E-state index in [2.05, 4.69) is 4.74 Å². The number of nitrogens with two attached hydrogens (primary N) is 1.